The van der Waals surface area contributed by atoms with Gasteiger partial charge < -0.3 is 0 Å². The monoisotopic (exact) mass is 210 g/mol. The average Bonchev–Trinajstić information content (AvgIpc) is 2.69. The molecule has 0 fully saturated rings. The Morgan fingerprint density at radius 2 is 2.14 bits per heavy atom. The minimum absolute atomic E-state index is 0.885. The molecule has 0 spiro atoms. The van der Waals surface area contributed by atoms with Crippen LogP contribution in [-0.2, 0) is 6.42 Å². The fraction of sp³-hybridized carbons (Fsp3) is 0.417. The lowest BCUT2D eigenvalue weighted by Crippen LogP contribution is -1.86. The van der Waals surface area contributed by atoms with Crippen molar-refractivity contribution in [3.05, 3.63) is 35.0 Å². The number of rotatable bonds is 5. The lowest BCUT2D eigenvalue weighted by molar-refractivity contribution is 0.112. The molecule has 0 bridgehead atoms. The standard InChI is InChI=1S/C10H14OS.C2H4/c1-2-3-4-5-10-9(8-11)6-7-12-10;1-2/h6-8H,2-5H2,1H3;1-2H2. The van der Waals surface area contributed by atoms with Crippen molar-refractivity contribution in [3.8, 4) is 0 Å². The van der Waals surface area contributed by atoms with Crippen LogP contribution in [0.25, 0.3) is 0 Å². The second-order valence-electron chi connectivity index (χ2n) is 2.87. The van der Waals surface area contributed by atoms with Crippen LogP contribution >= 0.6 is 11.3 Å². The molecule has 0 aliphatic rings. The number of carbonyl (C=O) groups is 1. The molecule has 0 aliphatic heterocycles. The van der Waals surface area contributed by atoms with Gasteiger partial charge in [-0.25, -0.2) is 0 Å². The first kappa shape index (κ1) is 13.1. The highest BCUT2D eigenvalue weighted by atomic mass is 32.1. The smallest absolute Gasteiger partial charge is 0.151 e. The van der Waals surface area contributed by atoms with Gasteiger partial charge in [-0.2, -0.15) is 0 Å². The summed E-state index contributed by atoms with van der Waals surface area (Å²) < 4.78 is 0. The highest BCUT2D eigenvalue weighted by Crippen LogP contribution is 2.17. The number of aldehydes is 1. The van der Waals surface area contributed by atoms with Gasteiger partial charge in [0.2, 0.25) is 0 Å². The topological polar surface area (TPSA) is 17.1 Å². The maximum Gasteiger partial charge on any atom is 0.151 e. The molecule has 1 aromatic rings. The van der Waals surface area contributed by atoms with Crippen LogP contribution < -0.4 is 0 Å². The van der Waals surface area contributed by atoms with Crippen LogP contribution in [0.5, 0.6) is 0 Å². The SMILES string of the molecule is C=C.CCCCCc1sccc1C=O. The van der Waals surface area contributed by atoms with E-state index in [4.69, 9.17) is 0 Å². The molecule has 0 saturated heterocycles. The van der Waals surface area contributed by atoms with Crippen molar-refractivity contribution in [2.45, 2.75) is 32.6 Å². The van der Waals surface area contributed by atoms with E-state index in [0.717, 1.165) is 18.3 Å². The van der Waals surface area contributed by atoms with Crippen molar-refractivity contribution < 1.29 is 4.79 Å². The third kappa shape index (κ3) is 4.38. The van der Waals surface area contributed by atoms with E-state index in [2.05, 4.69) is 20.1 Å². The van der Waals surface area contributed by atoms with E-state index in [1.807, 2.05) is 11.4 Å². The zero-order valence-electron chi connectivity index (χ0n) is 8.79. The summed E-state index contributed by atoms with van der Waals surface area (Å²) in [5, 5.41) is 1.99. The van der Waals surface area contributed by atoms with Crippen LogP contribution in [0.3, 0.4) is 0 Å². The second-order valence-corrected chi connectivity index (χ2v) is 3.87. The molecular formula is C12H18OS. The fourth-order valence-corrected chi connectivity index (χ4v) is 2.09. The Balaban J connectivity index is 0.000000791. The van der Waals surface area contributed by atoms with Crippen LogP contribution in [0.15, 0.2) is 24.6 Å². The van der Waals surface area contributed by atoms with Gasteiger partial charge in [-0.15, -0.1) is 24.5 Å². The summed E-state index contributed by atoms with van der Waals surface area (Å²) in [5.41, 5.74) is 0.885. The molecule has 1 aromatic heterocycles. The van der Waals surface area contributed by atoms with Crippen molar-refractivity contribution in [1.29, 1.82) is 0 Å². The number of carbonyl (C=O) groups excluding carboxylic acids is 1. The molecule has 0 aromatic carbocycles. The number of unbranched alkanes of at least 4 members (excludes halogenated alkanes) is 2. The van der Waals surface area contributed by atoms with Gasteiger partial charge in [0.25, 0.3) is 0 Å². The van der Waals surface area contributed by atoms with Crippen molar-refractivity contribution in [2.24, 2.45) is 0 Å². The lowest BCUT2D eigenvalue weighted by atomic mass is 10.1. The normalized spacial score (nSPS) is 8.93. The van der Waals surface area contributed by atoms with E-state index in [-0.39, 0.29) is 0 Å². The highest BCUT2D eigenvalue weighted by molar-refractivity contribution is 7.10. The summed E-state index contributed by atoms with van der Waals surface area (Å²) >= 11 is 1.69. The quantitative estimate of drug-likeness (QED) is 0.406. The van der Waals surface area contributed by atoms with Gasteiger partial charge in [-0.3, -0.25) is 4.79 Å². The zero-order chi connectivity index (χ0) is 10.8. The Hall–Kier alpha value is -0.890. The van der Waals surface area contributed by atoms with Crippen LogP contribution in [0, 0.1) is 0 Å². The Morgan fingerprint density at radius 3 is 2.71 bits per heavy atom. The largest absolute Gasteiger partial charge is 0.298 e. The van der Waals surface area contributed by atoms with Gasteiger partial charge in [0.05, 0.1) is 0 Å². The minimum Gasteiger partial charge on any atom is -0.298 e. The molecular weight excluding hydrogens is 192 g/mol. The van der Waals surface area contributed by atoms with Gasteiger partial charge in [0.1, 0.15) is 0 Å². The molecule has 1 rings (SSSR count). The highest BCUT2D eigenvalue weighted by Gasteiger charge is 2.01. The Morgan fingerprint density at radius 1 is 1.43 bits per heavy atom. The number of hydrogen-bond acceptors (Lipinski definition) is 2. The van der Waals surface area contributed by atoms with Gasteiger partial charge in [-0.05, 0) is 24.3 Å². The third-order valence-corrected chi connectivity index (χ3v) is 2.91. The first-order valence-electron chi connectivity index (χ1n) is 4.90. The van der Waals surface area contributed by atoms with E-state index >= 15 is 0 Å². The molecule has 1 nitrogen and oxygen atoms in total. The van der Waals surface area contributed by atoms with Gasteiger partial charge in [0.15, 0.2) is 6.29 Å². The minimum atomic E-state index is 0.885. The molecule has 0 radical (unpaired) electrons. The van der Waals surface area contributed by atoms with Crippen molar-refractivity contribution in [2.75, 3.05) is 0 Å². The van der Waals surface area contributed by atoms with Gasteiger partial charge in [-0.1, -0.05) is 19.8 Å². The van der Waals surface area contributed by atoms with Crippen LogP contribution in [0.2, 0.25) is 0 Å². The van der Waals surface area contributed by atoms with E-state index < -0.39 is 0 Å². The van der Waals surface area contributed by atoms with Crippen molar-refractivity contribution in [3.63, 3.8) is 0 Å². The van der Waals surface area contributed by atoms with Gasteiger partial charge in [0, 0.05) is 10.4 Å². The maximum absolute atomic E-state index is 10.5. The van der Waals surface area contributed by atoms with E-state index in [1.165, 1.54) is 24.1 Å². The van der Waals surface area contributed by atoms with E-state index in [9.17, 15) is 4.79 Å². The molecule has 0 saturated carbocycles. The van der Waals surface area contributed by atoms with E-state index in [1.54, 1.807) is 11.3 Å². The van der Waals surface area contributed by atoms with Crippen LogP contribution in [-0.4, -0.2) is 6.29 Å². The molecule has 0 unspecified atom stereocenters. The summed E-state index contributed by atoms with van der Waals surface area (Å²) in [6, 6.07) is 1.90. The van der Waals surface area contributed by atoms with Crippen LogP contribution in [0.4, 0.5) is 0 Å². The Bertz CT molecular complexity index is 253. The van der Waals surface area contributed by atoms with Gasteiger partial charge >= 0.3 is 0 Å². The second kappa shape index (κ2) is 8.70. The summed E-state index contributed by atoms with van der Waals surface area (Å²) in [5.74, 6) is 0. The fourth-order valence-electron chi connectivity index (χ4n) is 1.19. The van der Waals surface area contributed by atoms with Crippen molar-refractivity contribution >= 4 is 17.6 Å². The predicted molar refractivity (Wildman–Crippen MR) is 64.2 cm³/mol. The summed E-state index contributed by atoms with van der Waals surface area (Å²) in [6.45, 7) is 8.19. The molecule has 0 N–H and O–H groups in total. The number of aryl methyl sites for hydroxylation is 1. The summed E-state index contributed by atoms with van der Waals surface area (Å²) in [4.78, 5) is 11.8. The first-order valence-corrected chi connectivity index (χ1v) is 5.78. The molecule has 0 amide bonds. The molecule has 1 heterocycles. The Labute approximate surface area is 90.5 Å². The van der Waals surface area contributed by atoms with E-state index in [0.29, 0.717) is 0 Å². The zero-order valence-corrected chi connectivity index (χ0v) is 9.61. The number of thiophene rings is 1. The van der Waals surface area contributed by atoms with Crippen LogP contribution in [0.1, 0.15) is 41.4 Å². The maximum atomic E-state index is 10.5. The molecule has 78 valence electrons. The molecule has 0 atom stereocenters. The molecule has 0 aliphatic carbocycles. The summed E-state index contributed by atoms with van der Waals surface area (Å²) in [7, 11) is 0. The predicted octanol–water partition coefficient (Wildman–Crippen LogP) is 4.10. The van der Waals surface area contributed by atoms with Crippen molar-refractivity contribution in [1.82, 2.24) is 0 Å². The number of hydrogen-bond donors (Lipinski definition) is 0. The Kier molecular flexibility index (Phi) is 8.14. The summed E-state index contributed by atoms with van der Waals surface area (Å²) in [6.07, 6.45) is 5.73. The molecule has 2 heteroatoms. The third-order valence-electron chi connectivity index (χ3n) is 1.91. The molecule has 14 heavy (non-hydrogen) atoms. The average molecular weight is 210 g/mol. The lowest BCUT2D eigenvalue weighted by Gasteiger charge is -1.96. The first-order chi connectivity index (χ1) is 6.88.